The van der Waals surface area contributed by atoms with Crippen molar-refractivity contribution in [1.29, 1.82) is 0 Å². The van der Waals surface area contributed by atoms with Gasteiger partial charge in [-0.15, -0.1) is 12.4 Å². The fourth-order valence-electron chi connectivity index (χ4n) is 3.36. The van der Waals surface area contributed by atoms with Crippen LogP contribution in [0.2, 0.25) is 0 Å². The van der Waals surface area contributed by atoms with Gasteiger partial charge in [-0.25, -0.2) is 0 Å². The maximum atomic E-state index is 12.4. The lowest BCUT2D eigenvalue weighted by Gasteiger charge is -2.25. The number of nitrogens with zero attached hydrogens (tertiary/aromatic N) is 2. The first kappa shape index (κ1) is 15.3. The largest absolute Gasteiger partial charge is 0.328 e. The molecule has 1 saturated carbocycles. The number of halogens is 1. The number of carbonyl (C=O) groups is 1. The standard InChI is InChI=1S/C14H22N4O.ClH/c1-18-13(11-6-3-7-12(11)17-18)16-14(19)9-4-2-5-10(15)8-9;/h9-10H,2-8,15H2,1H3,(H,16,19);1H. The summed E-state index contributed by atoms with van der Waals surface area (Å²) in [7, 11) is 1.90. The Kier molecular flexibility index (Phi) is 4.70. The maximum Gasteiger partial charge on any atom is 0.228 e. The van der Waals surface area contributed by atoms with E-state index in [1.165, 1.54) is 5.56 Å². The van der Waals surface area contributed by atoms with Crippen LogP contribution in [0.5, 0.6) is 0 Å². The Morgan fingerprint density at radius 3 is 2.90 bits per heavy atom. The van der Waals surface area contributed by atoms with E-state index in [4.69, 9.17) is 5.73 Å². The molecule has 6 heteroatoms. The van der Waals surface area contributed by atoms with Crippen molar-refractivity contribution in [2.45, 2.75) is 51.0 Å². The van der Waals surface area contributed by atoms with Crippen LogP contribution in [0.4, 0.5) is 5.82 Å². The van der Waals surface area contributed by atoms with Crippen molar-refractivity contribution in [2.75, 3.05) is 5.32 Å². The molecule has 3 rings (SSSR count). The van der Waals surface area contributed by atoms with Crippen molar-refractivity contribution in [3.8, 4) is 0 Å². The van der Waals surface area contributed by atoms with E-state index in [1.54, 1.807) is 0 Å². The zero-order valence-corrected chi connectivity index (χ0v) is 12.7. The summed E-state index contributed by atoms with van der Waals surface area (Å²) in [6, 6.07) is 0.182. The number of hydrogen-bond acceptors (Lipinski definition) is 3. The van der Waals surface area contributed by atoms with E-state index in [-0.39, 0.29) is 30.3 Å². The molecule has 2 unspecified atom stereocenters. The summed E-state index contributed by atoms with van der Waals surface area (Å²) < 4.78 is 1.81. The van der Waals surface area contributed by atoms with Crippen LogP contribution >= 0.6 is 12.4 Å². The van der Waals surface area contributed by atoms with Crippen LogP contribution < -0.4 is 11.1 Å². The van der Waals surface area contributed by atoms with Gasteiger partial charge in [0.05, 0.1) is 5.69 Å². The molecule has 1 heterocycles. The molecule has 5 nitrogen and oxygen atoms in total. The zero-order valence-electron chi connectivity index (χ0n) is 11.9. The Bertz CT molecular complexity index is 500. The molecule has 0 saturated heterocycles. The fourth-order valence-corrected chi connectivity index (χ4v) is 3.36. The molecule has 0 radical (unpaired) electrons. The van der Waals surface area contributed by atoms with Crippen molar-refractivity contribution in [3.63, 3.8) is 0 Å². The van der Waals surface area contributed by atoms with Crippen LogP contribution in [0.25, 0.3) is 0 Å². The van der Waals surface area contributed by atoms with Crippen molar-refractivity contribution < 1.29 is 4.79 Å². The van der Waals surface area contributed by atoms with Crippen LogP contribution in [-0.2, 0) is 24.7 Å². The van der Waals surface area contributed by atoms with Crippen molar-refractivity contribution in [2.24, 2.45) is 18.7 Å². The SMILES string of the molecule is Cl.Cn1nc2c(c1NC(=O)C1CCCC(N)C1)CCC2. The number of hydrogen-bond donors (Lipinski definition) is 2. The second-order valence-corrected chi connectivity index (χ2v) is 5.86. The molecule has 2 atom stereocenters. The zero-order chi connectivity index (χ0) is 13.4. The van der Waals surface area contributed by atoms with Gasteiger partial charge in [-0.3, -0.25) is 9.48 Å². The number of nitrogens with one attached hydrogen (secondary N) is 1. The van der Waals surface area contributed by atoms with E-state index < -0.39 is 0 Å². The van der Waals surface area contributed by atoms with Crippen molar-refractivity contribution in [3.05, 3.63) is 11.3 Å². The summed E-state index contributed by atoms with van der Waals surface area (Å²) in [6.45, 7) is 0. The van der Waals surface area contributed by atoms with Crippen LogP contribution in [0.15, 0.2) is 0 Å². The molecule has 20 heavy (non-hydrogen) atoms. The maximum absolute atomic E-state index is 12.4. The van der Waals surface area contributed by atoms with Crippen molar-refractivity contribution in [1.82, 2.24) is 9.78 Å². The lowest BCUT2D eigenvalue weighted by molar-refractivity contribution is -0.120. The van der Waals surface area contributed by atoms with Gasteiger partial charge < -0.3 is 11.1 Å². The van der Waals surface area contributed by atoms with E-state index >= 15 is 0 Å². The summed E-state index contributed by atoms with van der Waals surface area (Å²) in [5.74, 6) is 1.08. The molecule has 2 aliphatic carbocycles. The number of rotatable bonds is 2. The van der Waals surface area contributed by atoms with E-state index in [2.05, 4.69) is 10.4 Å². The average Bonchev–Trinajstić information content (AvgIpc) is 2.93. The Labute approximate surface area is 125 Å². The predicted octanol–water partition coefficient (Wildman–Crippen LogP) is 1.79. The summed E-state index contributed by atoms with van der Waals surface area (Å²) in [6.07, 6.45) is 7.09. The van der Waals surface area contributed by atoms with E-state index in [0.717, 1.165) is 56.5 Å². The van der Waals surface area contributed by atoms with Gasteiger partial charge in [-0.1, -0.05) is 6.42 Å². The number of amides is 1. The van der Waals surface area contributed by atoms with Crippen LogP contribution in [-0.4, -0.2) is 21.7 Å². The number of nitrogens with two attached hydrogens (primary N) is 1. The first-order valence-corrected chi connectivity index (χ1v) is 7.26. The van der Waals surface area contributed by atoms with Crippen molar-refractivity contribution >= 4 is 24.1 Å². The van der Waals surface area contributed by atoms with Gasteiger partial charge in [0, 0.05) is 24.6 Å². The van der Waals surface area contributed by atoms with Crippen LogP contribution in [0.1, 0.15) is 43.4 Å². The molecule has 1 aromatic rings. The summed E-state index contributed by atoms with van der Waals surface area (Å²) in [5.41, 5.74) is 8.34. The molecular weight excluding hydrogens is 276 g/mol. The normalized spacial score (nSPS) is 24.9. The Balaban J connectivity index is 0.00000147. The summed E-state index contributed by atoms with van der Waals surface area (Å²) in [4.78, 5) is 12.4. The second-order valence-electron chi connectivity index (χ2n) is 5.86. The predicted molar refractivity (Wildman–Crippen MR) is 81.0 cm³/mol. The molecule has 1 amide bonds. The van der Waals surface area contributed by atoms with Gasteiger partial charge in [0.2, 0.25) is 5.91 Å². The van der Waals surface area contributed by atoms with Gasteiger partial charge in [0.25, 0.3) is 0 Å². The average molecular weight is 299 g/mol. The third-order valence-corrected chi connectivity index (χ3v) is 4.40. The second kappa shape index (κ2) is 6.14. The van der Waals surface area contributed by atoms with Crippen LogP contribution in [0, 0.1) is 5.92 Å². The first-order chi connectivity index (χ1) is 9.15. The van der Waals surface area contributed by atoms with E-state index in [9.17, 15) is 4.79 Å². The van der Waals surface area contributed by atoms with Gasteiger partial charge in [0.15, 0.2) is 0 Å². The third-order valence-electron chi connectivity index (χ3n) is 4.40. The molecule has 1 aromatic heterocycles. The Morgan fingerprint density at radius 1 is 1.35 bits per heavy atom. The summed E-state index contributed by atoms with van der Waals surface area (Å²) >= 11 is 0. The number of anilines is 1. The number of carbonyl (C=O) groups excluding carboxylic acids is 1. The minimum atomic E-state index is 0. The molecule has 0 bridgehead atoms. The van der Waals surface area contributed by atoms with E-state index in [1.807, 2.05) is 11.7 Å². The molecule has 0 aromatic carbocycles. The lowest BCUT2D eigenvalue weighted by atomic mass is 9.85. The summed E-state index contributed by atoms with van der Waals surface area (Å²) in [5, 5.41) is 7.57. The van der Waals surface area contributed by atoms with Gasteiger partial charge in [-0.05, 0) is 38.5 Å². The minimum absolute atomic E-state index is 0. The van der Waals surface area contributed by atoms with Gasteiger partial charge in [0.1, 0.15) is 5.82 Å². The highest BCUT2D eigenvalue weighted by Crippen LogP contribution is 2.30. The quantitative estimate of drug-likeness (QED) is 0.874. The van der Waals surface area contributed by atoms with Gasteiger partial charge in [-0.2, -0.15) is 5.10 Å². The highest BCUT2D eigenvalue weighted by molar-refractivity contribution is 5.92. The Hall–Kier alpha value is -1.07. The highest BCUT2D eigenvalue weighted by Gasteiger charge is 2.28. The first-order valence-electron chi connectivity index (χ1n) is 7.26. The smallest absolute Gasteiger partial charge is 0.228 e. The van der Waals surface area contributed by atoms with Crippen LogP contribution in [0.3, 0.4) is 0 Å². The molecule has 112 valence electrons. The fraction of sp³-hybridized carbons (Fsp3) is 0.714. The molecule has 3 N–H and O–H groups in total. The molecule has 2 aliphatic rings. The number of aryl methyl sites for hydroxylation is 2. The molecule has 0 aliphatic heterocycles. The highest BCUT2D eigenvalue weighted by atomic mass is 35.5. The molecular formula is C14H23ClN4O. The topological polar surface area (TPSA) is 72.9 Å². The number of aromatic nitrogens is 2. The van der Waals surface area contributed by atoms with Gasteiger partial charge >= 0.3 is 0 Å². The third kappa shape index (κ3) is 2.83. The minimum Gasteiger partial charge on any atom is -0.328 e. The Morgan fingerprint density at radius 2 is 2.15 bits per heavy atom. The molecule has 1 fully saturated rings. The van der Waals surface area contributed by atoms with E-state index in [0.29, 0.717) is 0 Å². The molecule has 0 spiro atoms. The monoisotopic (exact) mass is 298 g/mol. The number of fused-ring (bicyclic) bond motifs is 1. The lowest BCUT2D eigenvalue weighted by Crippen LogP contribution is -2.34.